The van der Waals surface area contributed by atoms with Crippen molar-refractivity contribution in [3.05, 3.63) is 34.3 Å². The predicted molar refractivity (Wildman–Crippen MR) is 307 cm³/mol. The molecule has 28 nitrogen and oxygen atoms in total. The van der Waals surface area contributed by atoms with Crippen LogP contribution in [0.1, 0.15) is 93.1 Å². The number of aromatic amines is 1. The molecular formula is C54H78BrN11O17S. The number of hydrogen-bond donors (Lipinski definition) is 15. The van der Waals surface area contributed by atoms with Crippen molar-refractivity contribution in [2.24, 2.45) is 10.8 Å². The number of carbonyl (C=O) groups is 11. The molecule has 4 heterocycles. The number of halogens is 1. The van der Waals surface area contributed by atoms with Gasteiger partial charge in [0.25, 0.3) is 5.91 Å². The number of aromatic nitrogens is 1. The van der Waals surface area contributed by atoms with Crippen molar-refractivity contribution in [2.75, 3.05) is 50.5 Å². The molecule has 1 aromatic heterocycles. The lowest BCUT2D eigenvalue weighted by Gasteiger charge is -2.31. The molecule has 0 radical (unpaired) electrons. The number of fused-ring (bicyclic) bond motifs is 5. The number of carboxylic acid groups (broad SMARTS) is 1. The minimum absolute atomic E-state index is 0.0322. The van der Waals surface area contributed by atoms with Crippen molar-refractivity contribution in [1.82, 2.24) is 52.4 Å². The number of ether oxygens (including phenoxy) is 1. The summed E-state index contributed by atoms with van der Waals surface area (Å²) in [5.74, 6) is -9.56. The number of benzene rings is 1. The average molecular weight is 1270 g/mol. The molecule has 1 unspecified atom stereocenters. The summed E-state index contributed by atoms with van der Waals surface area (Å²) in [7, 11) is 0. The van der Waals surface area contributed by atoms with E-state index in [1.807, 2.05) is 27.7 Å². The standard InChI is InChI=1S/C54H78BrN11O17S/c1-26-43(74)61-35-16-32-31-14-29(60-39(70)10-9-13-56-40(71)19-52(4,5)24-83-25-53(6,7)22-57-45(76)33(55)17-41(72)73)11-12-34(31)64-50(32)84-21-37(51(81)66-20-30(69)15-38(66)48(79)59-26)63-49(80)42(28(3)68)65-44(75)27(2)58-47(78)36(62-46(35)77)18-54(8,82)23-67/h11-12,14,17,26-28,30,35-38,42,64,67-69,82H,9-10,13,15-16,18-25H2,1-8H3,(H,56,71)(H,57,76)(H,58,78)(H,59,79)(H,60,70)(H,61,74)(H,62,77)(H,63,80)(H,65,75)(H,72,73)/b33-17+/t26-,27-,28?,30+,35-,36-,37+,38-,42+,54+/m0/s1. The van der Waals surface area contributed by atoms with Gasteiger partial charge in [-0.25, -0.2) is 4.79 Å². The number of aliphatic hydroxyl groups excluding tert-OH is 3. The van der Waals surface area contributed by atoms with Gasteiger partial charge in [0.15, 0.2) is 0 Å². The summed E-state index contributed by atoms with van der Waals surface area (Å²) in [6, 6.07) is -5.96. The molecule has 1 fully saturated rings. The molecule has 10 atom stereocenters. The van der Waals surface area contributed by atoms with Crippen molar-refractivity contribution in [2.45, 2.75) is 159 Å². The van der Waals surface area contributed by atoms with Crippen LogP contribution in [0.5, 0.6) is 0 Å². The Balaban J connectivity index is 1.42. The van der Waals surface area contributed by atoms with Crippen LogP contribution in [0.2, 0.25) is 0 Å². The molecule has 84 heavy (non-hydrogen) atoms. The van der Waals surface area contributed by atoms with Gasteiger partial charge in [-0.3, -0.25) is 47.9 Å². The third-order valence-electron chi connectivity index (χ3n) is 14.0. The van der Waals surface area contributed by atoms with E-state index in [-0.39, 0.29) is 91.8 Å². The molecule has 15 N–H and O–H groups in total. The molecule has 0 spiro atoms. The Morgan fingerprint density at radius 1 is 0.845 bits per heavy atom. The number of aliphatic carboxylic acids is 1. The van der Waals surface area contributed by atoms with Crippen molar-refractivity contribution < 1.29 is 83.0 Å². The van der Waals surface area contributed by atoms with E-state index in [0.29, 0.717) is 16.5 Å². The van der Waals surface area contributed by atoms with Crippen LogP contribution >= 0.6 is 27.7 Å². The molecule has 5 rings (SSSR count). The van der Waals surface area contributed by atoms with Gasteiger partial charge in [0.05, 0.1) is 47.1 Å². The maximum Gasteiger partial charge on any atom is 0.329 e. The third-order valence-corrected chi connectivity index (χ3v) is 15.7. The van der Waals surface area contributed by atoms with Gasteiger partial charge in [-0.2, -0.15) is 0 Å². The van der Waals surface area contributed by atoms with Gasteiger partial charge in [0, 0.05) is 85.6 Å². The number of carboxylic acids is 1. The van der Waals surface area contributed by atoms with E-state index in [0.717, 1.165) is 22.7 Å². The highest BCUT2D eigenvalue weighted by Gasteiger charge is 2.44. The zero-order valence-corrected chi connectivity index (χ0v) is 50.5. The number of nitrogens with one attached hydrogen (secondary N) is 10. The molecule has 10 amide bonds. The predicted octanol–water partition coefficient (Wildman–Crippen LogP) is -1.97. The van der Waals surface area contributed by atoms with Gasteiger partial charge in [0.2, 0.25) is 53.2 Å². The summed E-state index contributed by atoms with van der Waals surface area (Å²) in [5.41, 5.74) is -2.10. The fourth-order valence-corrected chi connectivity index (χ4v) is 10.8. The molecule has 0 aliphatic carbocycles. The van der Waals surface area contributed by atoms with Crippen LogP contribution in [0.25, 0.3) is 10.9 Å². The van der Waals surface area contributed by atoms with Gasteiger partial charge in [-0.1, -0.05) is 27.7 Å². The van der Waals surface area contributed by atoms with E-state index >= 15 is 0 Å². The molecule has 2 bridgehead atoms. The molecule has 1 saturated heterocycles. The smallest absolute Gasteiger partial charge is 0.329 e. The number of rotatable bonds is 19. The number of anilines is 1. The van der Waals surface area contributed by atoms with E-state index in [4.69, 9.17) is 9.84 Å². The normalized spacial score (nSPS) is 24.6. The van der Waals surface area contributed by atoms with Gasteiger partial charge in [-0.15, -0.1) is 11.8 Å². The zero-order valence-electron chi connectivity index (χ0n) is 48.1. The first-order valence-corrected chi connectivity index (χ1v) is 29.1. The average Bonchev–Trinajstić information content (AvgIpc) is 4.21. The second-order valence-corrected chi connectivity index (χ2v) is 25.2. The third kappa shape index (κ3) is 19.7. The highest BCUT2D eigenvalue weighted by Crippen LogP contribution is 2.34. The van der Waals surface area contributed by atoms with Gasteiger partial charge in [0.1, 0.15) is 42.3 Å². The van der Waals surface area contributed by atoms with E-state index in [2.05, 4.69) is 68.8 Å². The SMILES string of the molecule is CC(O)[C@H]1NC(=O)[C@H](C)NC(=O)[C@H](C[C@@](C)(O)CO)NC(=O)[C@@H]2Cc3c([nH]c4ccc(NC(=O)CCCNC(=O)CC(C)(C)COCC(C)(C)CNC(=O)/C(Br)=C\C(=O)O)cc34)SC[C@@H](NC1=O)C(=O)N1C[C@H](O)C[C@H]1C(=O)N[C@@H](C)C(=O)N2. The molecule has 1 aromatic carbocycles. The molecule has 0 saturated carbocycles. The molecule has 3 aliphatic rings. The van der Waals surface area contributed by atoms with Crippen LogP contribution in [-0.2, 0) is 63.9 Å². The first-order chi connectivity index (χ1) is 39.2. The van der Waals surface area contributed by atoms with Crippen LogP contribution in [0.15, 0.2) is 33.8 Å². The van der Waals surface area contributed by atoms with E-state index in [1.165, 1.54) is 27.7 Å². The molecule has 3 aliphatic heterocycles. The quantitative estimate of drug-likeness (QED) is 0.0536. The van der Waals surface area contributed by atoms with Gasteiger partial charge < -0.3 is 88.0 Å². The first-order valence-electron chi connectivity index (χ1n) is 27.3. The number of hydrogen-bond acceptors (Lipinski definition) is 17. The van der Waals surface area contributed by atoms with Crippen LogP contribution in [0.3, 0.4) is 0 Å². The largest absolute Gasteiger partial charge is 0.478 e. The lowest BCUT2D eigenvalue weighted by Crippen LogP contribution is -2.61. The maximum absolute atomic E-state index is 14.7. The van der Waals surface area contributed by atoms with Gasteiger partial charge >= 0.3 is 5.97 Å². The van der Waals surface area contributed by atoms with E-state index in [1.54, 1.807) is 18.2 Å². The first kappa shape index (κ1) is 68.1. The second kappa shape index (κ2) is 29.4. The summed E-state index contributed by atoms with van der Waals surface area (Å²) in [4.78, 5) is 153. The van der Waals surface area contributed by atoms with Crippen LogP contribution in [-0.4, -0.2) is 206 Å². The Morgan fingerprint density at radius 2 is 1.49 bits per heavy atom. The van der Waals surface area contributed by atoms with Crippen LogP contribution in [0.4, 0.5) is 5.69 Å². The number of nitrogens with zero attached hydrogens (tertiary/aromatic N) is 1. The number of carbonyl (C=O) groups excluding carboxylic acids is 10. The molecule has 464 valence electrons. The minimum Gasteiger partial charge on any atom is -0.478 e. The summed E-state index contributed by atoms with van der Waals surface area (Å²) < 4.78 is 5.79. The highest BCUT2D eigenvalue weighted by molar-refractivity contribution is 9.12. The fraction of sp³-hybridized carbons (Fsp3) is 0.611. The monoisotopic (exact) mass is 1260 g/mol. The second-order valence-electron chi connectivity index (χ2n) is 23.3. The zero-order chi connectivity index (χ0) is 62.6. The van der Waals surface area contributed by atoms with Crippen molar-refractivity contribution >= 4 is 109 Å². The van der Waals surface area contributed by atoms with Crippen molar-refractivity contribution in [3.63, 3.8) is 0 Å². The van der Waals surface area contributed by atoms with Crippen molar-refractivity contribution in [1.29, 1.82) is 0 Å². The fourth-order valence-electron chi connectivity index (χ4n) is 9.35. The Morgan fingerprint density at radius 3 is 2.14 bits per heavy atom. The van der Waals surface area contributed by atoms with Crippen LogP contribution in [0, 0.1) is 10.8 Å². The Kier molecular flexibility index (Phi) is 23.8. The minimum atomic E-state index is -1.99. The Hall–Kier alpha value is -6.70. The Labute approximate surface area is 497 Å². The maximum atomic E-state index is 14.7. The number of H-pyrrole nitrogens is 1. The van der Waals surface area contributed by atoms with Crippen LogP contribution < -0.4 is 47.9 Å². The number of aliphatic hydroxyl groups is 4. The lowest BCUT2D eigenvalue weighted by atomic mass is 9.89. The number of thioether (sulfide) groups is 1. The highest BCUT2D eigenvalue weighted by atomic mass is 79.9. The summed E-state index contributed by atoms with van der Waals surface area (Å²) >= 11 is 3.91. The summed E-state index contributed by atoms with van der Waals surface area (Å²) in [6.45, 7) is 11.8. The van der Waals surface area contributed by atoms with Crippen molar-refractivity contribution in [3.8, 4) is 0 Å². The topological polar surface area (TPSA) is 425 Å². The molecular weight excluding hydrogens is 1190 g/mol. The van der Waals surface area contributed by atoms with Gasteiger partial charge in [-0.05, 0) is 79.2 Å². The van der Waals surface area contributed by atoms with E-state index < -0.39 is 143 Å². The number of amides is 10. The Bertz CT molecular complexity index is 2860. The molecule has 2 aromatic rings. The summed E-state index contributed by atoms with van der Waals surface area (Å²) in [5, 5.41) is 75.7. The lowest BCUT2D eigenvalue weighted by molar-refractivity contribution is -0.142. The van der Waals surface area contributed by atoms with E-state index in [9.17, 15) is 73.2 Å². The molecule has 30 heteroatoms. The summed E-state index contributed by atoms with van der Waals surface area (Å²) in [6.07, 6.45) is -3.02.